The van der Waals surface area contributed by atoms with Crippen molar-refractivity contribution in [3.63, 3.8) is 0 Å². The maximum atomic E-state index is 8.76. The number of aliphatic hydroxyl groups excluding tert-OH is 1. The quantitative estimate of drug-likeness (QED) is 0.732. The summed E-state index contributed by atoms with van der Waals surface area (Å²) in [6, 6.07) is 1.90. The number of rotatable bonds is 5. The smallest absolute Gasteiger partial charge is 0.0738 e. The number of nitrogen functional groups attached to an aromatic ring is 1. The van der Waals surface area contributed by atoms with Crippen molar-refractivity contribution in [2.75, 3.05) is 30.3 Å². The SMILES string of the molecule is CCN(CCCO)c1ccncc1N. The molecule has 1 rings (SSSR count). The number of hydrogen-bond donors (Lipinski definition) is 2. The van der Waals surface area contributed by atoms with Crippen LogP contribution >= 0.6 is 0 Å². The molecule has 1 heterocycles. The minimum atomic E-state index is 0.210. The number of aromatic nitrogens is 1. The fourth-order valence-electron chi connectivity index (χ4n) is 1.40. The van der Waals surface area contributed by atoms with Gasteiger partial charge in [-0.25, -0.2) is 0 Å². The number of anilines is 2. The zero-order valence-corrected chi connectivity index (χ0v) is 8.48. The zero-order valence-electron chi connectivity index (χ0n) is 8.48. The third-order valence-electron chi connectivity index (χ3n) is 2.14. The van der Waals surface area contributed by atoms with Crippen molar-refractivity contribution in [1.82, 2.24) is 4.98 Å². The van der Waals surface area contributed by atoms with Gasteiger partial charge in [-0.15, -0.1) is 0 Å². The molecular formula is C10H17N3O. The first-order valence-electron chi connectivity index (χ1n) is 4.85. The molecule has 3 N–H and O–H groups in total. The first kappa shape index (κ1) is 10.8. The summed E-state index contributed by atoms with van der Waals surface area (Å²) in [5.41, 5.74) is 7.49. The van der Waals surface area contributed by atoms with Gasteiger partial charge in [0.15, 0.2) is 0 Å². The first-order chi connectivity index (χ1) is 6.79. The second kappa shape index (κ2) is 5.44. The van der Waals surface area contributed by atoms with Gasteiger partial charge in [0.2, 0.25) is 0 Å². The summed E-state index contributed by atoms with van der Waals surface area (Å²) in [6.45, 7) is 3.98. The van der Waals surface area contributed by atoms with Gasteiger partial charge < -0.3 is 15.7 Å². The van der Waals surface area contributed by atoms with Gasteiger partial charge in [-0.3, -0.25) is 4.98 Å². The van der Waals surface area contributed by atoms with Gasteiger partial charge in [0, 0.05) is 25.9 Å². The molecular weight excluding hydrogens is 178 g/mol. The molecule has 1 aromatic rings. The van der Waals surface area contributed by atoms with E-state index >= 15 is 0 Å². The predicted octanol–water partition coefficient (Wildman–Crippen LogP) is 0.873. The van der Waals surface area contributed by atoms with Crippen LogP contribution in [0.1, 0.15) is 13.3 Å². The van der Waals surface area contributed by atoms with Crippen LogP contribution in [0.4, 0.5) is 11.4 Å². The molecule has 4 heteroatoms. The van der Waals surface area contributed by atoms with E-state index in [0.29, 0.717) is 5.69 Å². The average Bonchev–Trinajstić information content (AvgIpc) is 2.21. The molecule has 0 fully saturated rings. The van der Waals surface area contributed by atoms with Crippen LogP contribution in [0.2, 0.25) is 0 Å². The van der Waals surface area contributed by atoms with Crippen LogP contribution < -0.4 is 10.6 Å². The van der Waals surface area contributed by atoms with Crippen molar-refractivity contribution in [3.05, 3.63) is 18.5 Å². The van der Waals surface area contributed by atoms with E-state index in [1.165, 1.54) is 0 Å². The standard InChI is InChI=1S/C10H17N3O/c1-2-13(6-3-7-14)10-4-5-12-8-9(10)11/h4-5,8,14H,2-3,6-7,11H2,1H3. The van der Waals surface area contributed by atoms with Gasteiger partial charge >= 0.3 is 0 Å². The van der Waals surface area contributed by atoms with Crippen molar-refractivity contribution in [3.8, 4) is 0 Å². The molecule has 0 unspecified atom stereocenters. The number of pyridine rings is 1. The second-order valence-electron chi connectivity index (χ2n) is 3.09. The normalized spacial score (nSPS) is 10.1. The Morgan fingerprint density at radius 2 is 2.36 bits per heavy atom. The number of aliphatic hydroxyl groups is 1. The van der Waals surface area contributed by atoms with Gasteiger partial charge in [-0.1, -0.05) is 0 Å². The highest BCUT2D eigenvalue weighted by Gasteiger charge is 2.06. The summed E-state index contributed by atoms with van der Waals surface area (Å²) in [5, 5.41) is 8.76. The third kappa shape index (κ3) is 2.60. The Kier molecular flexibility index (Phi) is 4.19. The van der Waals surface area contributed by atoms with Gasteiger partial charge in [-0.05, 0) is 19.4 Å². The Labute approximate surface area is 84.4 Å². The van der Waals surface area contributed by atoms with E-state index in [0.717, 1.165) is 25.2 Å². The first-order valence-corrected chi connectivity index (χ1v) is 4.85. The lowest BCUT2D eigenvalue weighted by Crippen LogP contribution is -2.25. The molecule has 1 aromatic heterocycles. The number of nitrogens with two attached hydrogens (primary N) is 1. The van der Waals surface area contributed by atoms with E-state index in [1.54, 1.807) is 12.4 Å². The van der Waals surface area contributed by atoms with Crippen molar-refractivity contribution >= 4 is 11.4 Å². The Hall–Kier alpha value is -1.29. The lowest BCUT2D eigenvalue weighted by Gasteiger charge is -2.23. The fraction of sp³-hybridized carbons (Fsp3) is 0.500. The average molecular weight is 195 g/mol. The third-order valence-corrected chi connectivity index (χ3v) is 2.14. The van der Waals surface area contributed by atoms with Crippen molar-refractivity contribution in [2.45, 2.75) is 13.3 Å². The van der Waals surface area contributed by atoms with Crippen LogP contribution in [0.25, 0.3) is 0 Å². The molecule has 78 valence electrons. The number of nitrogens with zero attached hydrogens (tertiary/aromatic N) is 2. The molecule has 0 bridgehead atoms. The predicted molar refractivity (Wildman–Crippen MR) is 58.2 cm³/mol. The highest BCUT2D eigenvalue weighted by Crippen LogP contribution is 2.20. The Balaban J connectivity index is 2.73. The molecule has 0 saturated carbocycles. The molecule has 0 aliphatic carbocycles. The molecule has 14 heavy (non-hydrogen) atoms. The van der Waals surface area contributed by atoms with E-state index < -0.39 is 0 Å². The van der Waals surface area contributed by atoms with E-state index in [4.69, 9.17) is 10.8 Å². The minimum Gasteiger partial charge on any atom is -0.396 e. The maximum absolute atomic E-state index is 8.76. The van der Waals surface area contributed by atoms with Crippen LogP contribution in [-0.2, 0) is 0 Å². The van der Waals surface area contributed by atoms with Crippen molar-refractivity contribution in [2.24, 2.45) is 0 Å². The monoisotopic (exact) mass is 195 g/mol. The molecule has 4 nitrogen and oxygen atoms in total. The minimum absolute atomic E-state index is 0.210. The zero-order chi connectivity index (χ0) is 10.4. The molecule has 0 spiro atoms. The summed E-state index contributed by atoms with van der Waals surface area (Å²) in [5.74, 6) is 0. The number of hydrogen-bond acceptors (Lipinski definition) is 4. The summed E-state index contributed by atoms with van der Waals surface area (Å²) < 4.78 is 0. The van der Waals surface area contributed by atoms with Crippen LogP contribution in [0, 0.1) is 0 Å². The summed E-state index contributed by atoms with van der Waals surface area (Å²) in [6.07, 6.45) is 4.14. The van der Waals surface area contributed by atoms with Gasteiger partial charge in [0.1, 0.15) is 0 Å². The largest absolute Gasteiger partial charge is 0.396 e. The highest BCUT2D eigenvalue weighted by atomic mass is 16.3. The van der Waals surface area contributed by atoms with Crippen LogP contribution in [0.5, 0.6) is 0 Å². The Morgan fingerprint density at radius 3 is 2.93 bits per heavy atom. The molecule has 0 radical (unpaired) electrons. The lowest BCUT2D eigenvalue weighted by atomic mass is 10.3. The van der Waals surface area contributed by atoms with E-state index in [1.807, 2.05) is 6.07 Å². The van der Waals surface area contributed by atoms with Gasteiger partial charge in [0.05, 0.1) is 17.6 Å². The topological polar surface area (TPSA) is 62.4 Å². The van der Waals surface area contributed by atoms with E-state index in [-0.39, 0.29) is 6.61 Å². The molecule has 0 amide bonds. The van der Waals surface area contributed by atoms with Crippen molar-refractivity contribution in [1.29, 1.82) is 0 Å². The molecule has 0 aromatic carbocycles. The van der Waals surface area contributed by atoms with Crippen LogP contribution in [-0.4, -0.2) is 29.8 Å². The van der Waals surface area contributed by atoms with Crippen molar-refractivity contribution < 1.29 is 5.11 Å². The Morgan fingerprint density at radius 1 is 1.57 bits per heavy atom. The highest BCUT2D eigenvalue weighted by molar-refractivity contribution is 5.65. The van der Waals surface area contributed by atoms with Gasteiger partial charge in [0.25, 0.3) is 0 Å². The maximum Gasteiger partial charge on any atom is 0.0738 e. The summed E-state index contributed by atoms with van der Waals surface area (Å²) in [4.78, 5) is 6.07. The fourth-order valence-corrected chi connectivity index (χ4v) is 1.40. The summed E-state index contributed by atoms with van der Waals surface area (Å²) in [7, 11) is 0. The summed E-state index contributed by atoms with van der Waals surface area (Å²) >= 11 is 0. The Bertz CT molecular complexity index is 278. The molecule has 0 atom stereocenters. The molecule has 0 saturated heterocycles. The van der Waals surface area contributed by atoms with E-state index in [9.17, 15) is 0 Å². The van der Waals surface area contributed by atoms with E-state index in [2.05, 4.69) is 16.8 Å². The second-order valence-corrected chi connectivity index (χ2v) is 3.09. The van der Waals surface area contributed by atoms with Crippen LogP contribution in [0.15, 0.2) is 18.5 Å². The molecule has 0 aliphatic rings. The lowest BCUT2D eigenvalue weighted by molar-refractivity contribution is 0.289. The van der Waals surface area contributed by atoms with Gasteiger partial charge in [-0.2, -0.15) is 0 Å². The van der Waals surface area contributed by atoms with Crippen LogP contribution in [0.3, 0.4) is 0 Å². The molecule has 0 aliphatic heterocycles.